The predicted octanol–water partition coefficient (Wildman–Crippen LogP) is 2.31. The van der Waals surface area contributed by atoms with Gasteiger partial charge in [0.25, 0.3) is 0 Å². The van der Waals surface area contributed by atoms with Gasteiger partial charge in [0.15, 0.2) is 0 Å². The molecule has 1 rings (SSSR count). The molecule has 0 aliphatic heterocycles. The minimum atomic E-state index is -1.01. The molecule has 1 aromatic rings. The topological polar surface area (TPSA) is 46.5 Å². The van der Waals surface area contributed by atoms with Gasteiger partial charge in [-0.1, -0.05) is 36.4 Å². The molecule has 0 unspecified atom stereocenters. The lowest BCUT2D eigenvalue weighted by Gasteiger charge is -1.93. The summed E-state index contributed by atoms with van der Waals surface area (Å²) in [7, 11) is 0. The van der Waals surface area contributed by atoms with Crippen molar-refractivity contribution >= 4 is 12.0 Å². The highest BCUT2D eigenvalue weighted by Gasteiger charge is 1.84. The summed E-state index contributed by atoms with van der Waals surface area (Å²) in [6.45, 7) is 0.360. The van der Waals surface area contributed by atoms with Crippen LogP contribution in [0.5, 0.6) is 0 Å². The quantitative estimate of drug-likeness (QED) is 0.455. The van der Waals surface area contributed by atoms with Crippen molar-refractivity contribution in [2.24, 2.45) is 0 Å². The van der Waals surface area contributed by atoms with Gasteiger partial charge in [0.2, 0.25) is 0 Å². The first-order chi connectivity index (χ1) is 7.29. The molecular formula is C12H12O3. The van der Waals surface area contributed by atoms with E-state index in [1.54, 1.807) is 0 Å². The van der Waals surface area contributed by atoms with Crippen LogP contribution in [0.4, 0.5) is 0 Å². The Bertz CT molecular complexity index is 352. The maximum atomic E-state index is 10.1. The zero-order valence-electron chi connectivity index (χ0n) is 8.17. The van der Waals surface area contributed by atoms with Gasteiger partial charge in [-0.3, -0.25) is 0 Å². The Kier molecular flexibility index (Phi) is 4.73. The lowest BCUT2D eigenvalue weighted by Crippen LogP contribution is -1.88. The normalized spacial score (nSPS) is 10.9. The summed E-state index contributed by atoms with van der Waals surface area (Å²) in [6, 6.07) is 9.80. The summed E-state index contributed by atoms with van der Waals surface area (Å²) < 4.78 is 4.92. The van der Waals surface area contributed by atoms with Gasteiger partial charge in [0.1, 0.15) is 6.61 Å². The highest BCUT2D eigenvalue weighted by atomic mass is 16.5. The first-order valence-electron chi connectivity index (χ1n) is 4.52. The molecule has 0 spiro atoms. The van der Waals surface area contributed by atoms with E-state index in [0.29, 0.717) is 6.61 Å². The molecule has 0 saturated carbocycles. The number of carboxylic acid groups (broad SMARTS) is 1. The average molecular weight is 204 g/mol. The Labute approximate surface area is 88.3 Å². The van der Waals surface area contributed by atoms with E-state index < -0.39 is 5.97 Å². The Balaban J connectivity index is 2.26. The predicted molar refractivity (Wildman–Crippen MR) is 58.2 cm³/mol. The van der Waals surface area contributed by atoms with Crippen LogP contribution in [-0.4, -0.2) is 17.7 Å². The molecule has 0 amide bonds. The number of ether oxygens (including phenoxy) is 1. The molecule has 15 heavy (non-hydrogen) atoms. The smallest absolute Gasteiger partial charge is 0.331 e. The van der Waals surface area contributed by atoms with Crippen molar-refractivity contribution in [3.63, 3.8) is 0 Å². The molecule has 0 aliphatic carbocycles. The van der Waals surface area contributed by atoms with Gasteiger partial charge >= 0.3 is 5.97 Å². The first kappa shape index (κ1) is 11.0. The highest BCUT2D eigenvalue weighted by molar-refractivity contribution is 5.79. The van der Waals surface area contributed by atoms with E-state index in [2.05, 4.69) is 0 Å². The van der Waals surface area contributed by atoms with Crippen LogP contribution >= 0.6 is 0 Å². The summed E-state index contributed by atoms with van der Waals surface area (Å²) in [5.74, 6) is -1.01. The zero-order valence-corrected chi connectivity index (χ0v) is 8.17. The number of carboxylic acids is 1. The van der Waals surface area contributed by atoms with Crippen molar-refractivity contribution in [2.45, 2.75) is 0 Å². The third kappa shape index (κ3) is 5.31. The van der Waals surface area contributed by atoms with Crippen LogP contribution in [0.2, 0.25) is 0 Å². The van der Waals surface area contributed by atoms with Crippen LogP contribution in [0.25, 0.3) is 6.08 Å². The van der Waals surface area contributed by atoms with Crippen molar-refractivity contribution in [1.82, 2.24) is 0 Å². The maximum Gasteiger partial charge on any atom is 0.331 e. The summed E-state index contributed by atoms with van der Waals surface area (Å²) in [5, 5.41) is 8.26. The van der Waals surface area contributed by atoms with E-state index in [4.69, 9.17) is 9.84 Å². The Hall–Kier alpha value is -2.03. The number of carbonyl (C=O) groups is 1. The fourth-order valence-corrected chi connectivity index (χ4v) is 0.966. The van der Waals surface area contributed by atoms with Crippen molar-refractivity contribution in [2.75, 3.05) is 6.61 Å². The minimum Gasteiger partial charge on any atom is -0.497 e. The lowest BCUT2D eigenvalue weighted by atomic mass is 10.2. The Morgan fingerprint density at radius 3 is 2.73 bits per heavy atom. The van der Waals surface area contributed by atoms with Crippen LogP contribution in [0.1, 0.15) is 5.56 Å². The van der Waals surface area contributed by atoms with Crippen molar-refractivity contribution < 1.29 is 14.6 Å². The number of hydrogen-bond acceptors (Lipinski definition) is 2. The summed E-state index contributed by atoms with van der Waals surface area (Å²) >= 11 is 0. The molecule has 1 aromatic carbocycles. The summed E-state index contributed by atoms with van der Waals surface area (Å²) in [4.78, 5) is 10.1. The number of rotatable bonds is 5. The third-order valence-electron chi connectivity index (χ3n) is 1.61. The molecule has 0 atom stereocenters. The molecule has 3 heteroatoms. The van der Waals surface area contributed by atoms with Crippen molar-refractivity contribution in [1.29, 1.82) is 0 Å². The molecule has 0 heterocycles. The fourth-order valence-electron chi connectivity index (χ4n) is 0.966. The maximum absolute atomic E-state index is 10.1. The highest BCUT2D eigenvalue weighted by Crippen LogP contribution is 2.00. The summed E-state index contributed by atoms with van der Waals surface area (Å²) in [6.07, 6.45) is 5.85. The molecule has 0 aromatic heterocycles. The standard InChI is InChI=1S/C12H12O3/c13-12(14)8-10-15-9-4-7-11-5-2-1-3-6-11/h1-8,10H,9H2,(H,13,14)/b7-4+,10-8+. The van der Waals surface area contributed by atoms with Gasteiger partial charge in [-0.2, -0.15) is 0 Å². The average Bonchev–Trinajstić information content (AvgIpc) is 2.24. The molecule has 0 fully saturated rings. The second-order valence-corrected chi connectivity index (χ2v) is 2.79. The van der Waals surface area contributed by atoms with Crippen LogP contribution < -0.4 is 0 Å². The van der Waals surface area contributed by atoms with Crippen molar-refractivity contribution in [3.05, 3.63) is 54.3 Å². The monoisotopic (exact) mass is 204 g/mol. The van der Waals surface area contributed by atoms with Crippen LogP contribution in [0, 0.1) is 0 Å². The molecule has 78 valence electrons. The number of hydrogen-bond donors (Lipinski definition) is 1. The van der Waals surface area contributed by atoms with Gasteiger partial charge in [0.05, 0.1) is 12.3 Å². The second kappa shape index (κ2) is 6.43. The zero-order chi connectivity index (χ0) is 10.9. The molecule has 0 radical (unpaired) electrons. The number of aliphatic carboxylic acids is 1. The molecule has 3 nitrogen and oxygen atoms in total. The van der Waals surface area contributed by atoms with E-state index in [0.717, 1.165) is 17.9 Å². The number of benzene rings is 1. The van der Waals surface area contributed by atoms with Crippen molar-refractivity contribution in [3.8, 4) is 0 Å². The SMILES string of the molecule is O=C(O)/C=C/OC/C=C/c1ccccc1. The lowest BCUT2D eigenvalue weighted by molar-refractivity contribution is -0.131. The second-order valence-electron chi connectivity index (χ2n) is 2.79. The molecule has 0 aliphatic rings. The van der Waals surface area contributed by atoms with Crippen LogP contribution in [0.3, 0.4) is 0 Å². The van der Waals surface area contributed by atoms with Crippen LogP contribution in [-0.2, 0) is 9.53 Å². The third-order valence-corrected chi connectivity index (χ3v) is 1.61. The van der Waals surface area contributed by atoms with Gasteiger partial charge in [-0.15, -0.1) is 0 Å². The van der Waals surface area contributed by atoms with E-state index in [9.17, 15) is 4.79 Å². The van der Waals surface area contributed by atoms with Gasteiger partial charge in [-0.05, 0) is 11.6 Å². The van der Waals surface area contributed by atoms with E-state index in [1.807, 2.05) is 42.5 Å². The molecule has 0 saturated heterocycles. The van der Waals surface area contributed by atoms with E-state index in [1.165, 1.54) is 0 Å². The Morgan fingerprint density at radius 2 is 2.07 bits per heavy atom. The Morgan fingerprint density at radius 1 is 1.33 bits per heavy atom. The van der Waals surface area contributed by atoms with Gasteiger partial charge < -0.3 is 9.84 Å². The fraction of sp³-hybridized carbons (Fsp3) is 0.0833. The van der Waals surface area contributed by atoms with E-state index >= 15 is 0 Å². The largest absolute Gasteiger partial charge is 0.497 e. The minimum absolute atomic E-state index is 0.360. The van der Waals surface area contributed by atoms with Gasteiger partial charge in [-0.25, -0.2) is 4.79 Å². The molecular weight excluding hydrogens is 192 g/mol. The van der Waals surface area contributed by atoms with Gasteiger partial charge in [0, 0.05) is 0 Å². The van der Waals surface area contributed by atoms with E-state index in [-0.39, 0.29) is 0 Å². The molecule has 0 bridgehead atoms. The molecule has 1 N–H and O–H groups in total. The summed E-state index contributed by atoms with van der Waals surface area (Å²) in [5.41, 5.74) is 1.09. The first-order valence-corrected chi connectivity index (χ1v) is 4.52. The van der Waals surface area contributed by atoms with Crippen LogP contribution in [0.15, 0.2) is 48.7 Å².